The van der Waals surface area contributed by atoms with Crippen molar-refractivity contribution in [2.45, 2.75) is 37.3 Å². The SMILES string of the molecule is COC1CCC(CN)(NCCN(C)C)CC1. The van der Waals surface area contributed by atoms with Crippen LogP contribution in [0.25, 0.3) is 0 Å². The fourth-order valence-electron chi connectivity index (χ4n) is 2.38. The number of ether oxygens (including phenoxy) is 1. The van der Waals surface area contributed by atoms with Crippen LogP contribution in [0.2, 0.25) is 0 Å². The first-order chi connectivity index (χ1) is 7.62. The molecule has 4 nitrogen and oxygen atoms in total. The molecule has 1 saturated carbocycles. The van der Waals surface area contributed by atoms with E-state index in [-0.39, 0.29) is 5.54 Å². The highest BCUT2D eigenvalue weighted by Crippen LogP contribution is 2.28. The quantitative estimate of drug-likeness (QED) is 0.693. The topological polar surface area (TPSA) is 50.5 Å². The predicted octanol–water partition coefficient (Wildman–Crippen LogP) is 0.424. The summed E-state index contributed by atoms with van der Waals surface area (Å²) in [4.78, 5) is 2.19. The molecular weight excluding hydrogens is 202 g/mol. The van der Waals surface area contributed by atoms with Gasteiger partial charge in [-0.2, -0.15) is 0 Å². The van der Waals surface area contributed by atoms with E-state index in [1.54, 1.807) is 7.11 Å². The molecule has 0 aliphatic heterocycles. The number of nitrogens with zero attached hydrogens (tertiary/aromatic N) is 1. The van der Waals surface area contributed by atoms with E-state index >= 15 is 0 Å². The Labute approximate surface area is 99.5 Å². The number of likely N-dealkylation sites (N-methyl/N-ethyl adjacent to an activating group) is 1. The molecule has 0 unspecified atom stereocenters. The minimum atomic E-state index is 0.158. The van der Waals surface area contributed by atoms with Crippen LogP contribution in [0.3, 0.4) is 0 Å². The Hall–Kier alpha value is -0.160. The summed E-state index contributed by atoms with van der Waals surface area (Å²) in [6.07, 6.45) is 4.96. The summed E-state index contributed by atoms with van der Waals surface area (Å²) < 4.78 is 5.39. The van der Waals surface area contributed by atoms with E-state index in [2.05, 4.69) is 24.3 Å². The number of rotatable bonds is 6. The third-order valence-corrected chi connectivity index (χ3v) is 3.67. The van der Waals surface area contributed by atoms with Crippen LogP contribution in [-0.4, -0.2) is 57.4 Å². The Kier molecular flexibility index (Phi) is 5.69. The molecule has 0 spiro atoms. The normalized spacial score (nSPS) is 30.9. The molecule has 16 heavy (non-hydrogen) atoms. The van der Waals surface area contributed by atoms with Crippen molar-refractivity contribution in [1.29, 1.82) is 0 Å². The highest BCUT2D eigenvalue weighted by Gasteiger charge is 2.33. The van der Waals surface area contributed by atoms with Crippen LogP contribution in [-0.2, 0) is 4.74 Å². The van der Waals surface area contributed by atoms with Crippen molar-refractivity contribution in [3.63, 3.8) is 0 Å². The maximum atomic E-state index is 5.93. The van der Waals surface area contributed by atoms with Gasteiger partial charge in [0.15, 0.2) is 0 Å². The zero-order valence-electron chi connectivity index (χ0n) is 11.0. The van der Waals surface area contributed by atoms with Gasteiger partial charge in [-0.25, -0.2) is 0 Å². The van der Waals surface area contributed by atoms with Gasteiger partial charge in [-0.15, -0.1) is 0 Å². The highest BCUT2D eigenvalue weighted by atomic mass is 16.5. The van der Waals surface area contributed by atoms with Crippen molar-refractivity contribution in [1.82, 2.24) is 10.2 Å². The van der Waals surface area contributed by atoms with Crippen LogP contribution >= 0.6 is 0 Å². The Balaban J connectivity index is 2.34. The van der Waals surface area contributed by atoms with Gasteiger partial charge in [0.2, 0.25) is 0 Å². The molecule has 3 N–H and O–H groups in total. The summed E-state index contributed by atoms with van der Waals surface area (Å²) in [6, 6.07) is 0. The summed E-state index contributed by atoms with van der Waals surface area (Å²) in [5, 5.41) is 3.64. The van der Waals surface area contributed by atoms with Crippen molar-refractivity contribution < 1.29 is 4.74 Å². The second kappa shape index (κ2) is 6.55. The Bertz CT molecular complexity index is 189. The molecule has 1 rings (SSSR count). The summed E-state index contributed by atoms with van der Waals surface area (Å²) in [5.74, 6) is 0. The smallest absolute Gasteiger partial charge is 0.0572 e. The molecule has 4 heteroatoms. The van der Waals surface area contributed by atoms with E-state index < -0.39 is 0 Å². The second-order valence-electron chi connectivity index (χ2n) is 5.15. The molecule has 0 heterocycles. The van der Waals surface area contributed by atoms with Crippen molar-refractivity contribution in [2.75, 3.05) is 40.8 Å². The molecule has 0 saturated heterocycles. The van der Waals surface area contributed by atoms with Crippen LogP contribution in [0, 0.1) is 0 Å². The molecule has 0 aromatic heterocycles. The molecule has 0 bridgehead atoms. The average molecular weight is 229 g/mol. The van der Waals surface area contributed by atoms with Crippen LogP contribution in [0.5, 0.6) is 0 Å². The molecule has 0 atom stereocenters. The second-order valence-corrected chi connectivity index (χ2v) is 5.15. The standard InChI is InChI=1S/C12H27N3O/c1-15(2)9-8-14-12(10-13)6-4-11(16-3)5-7-12/h11,14H,4-10,13H2,1-3H3. The first-order valence-corrected chi connectivity index (χ1v) is 6.24. The fourth-order valence-corrected chi connectivity index (χ4v) is 2.38. The zero-order chi connectivity index (χ0) is 12.0. The van der Waals surface area contributed by atoms with Crippen molar-refractivity contribution in [3.8, 4) is 0 Å². The summed E-state index contributed by atoms with van der Waals surface area (Å²) >= 11 is 0. The van der Waals surface area contributed by atoms with Gasteiger partial charge in [0.1, 0.15) is 0 Å². The lowest BCUT2D eigenvalue weighted by molar-refractivity contribution is 0.0429. The molecule has 1 aliphatic carbocycles. The van der Waals surface area contributed by atoms with Gasteiger partial charge < -0.3 is 20.7 Å². The molecule has 0 radical (unpaired) electrons. The number of nitrogens with one attached hydrogen (secondary N) is 1. The van der Waals surface area contributed by atoms with E-state index in [0.717, 1.165) is 45.3 Å². The molecule has 1 aliphatic rings. The third-order valence-electron chi connectivity index (χ3n) is 3.67. The molecule has 0 aromatic rings. The first-order valence-electron chi connectivity index (χ1n) is 6.24. The van der Waals surface area contributed by atoms with Gasteiger partial charge >= 0.3 is 0 Å². The monoisotopic (exact) mass is 229 g/mol. The van der Waals surface area contributed by atoms with Crippen molar-refractivity contribution >= 4 is 0 Å². The van der Waals surface area contributed by atoms with Gasteiger partial charge in [0, 0.05) is 32.3 Å². The minimum Gasteiger partial charge on any atom is -0.381 e. The highest BCUT2D eigenvalue weighted by molar-refractivity contribution is 4.94. The summed E-state index contributed by atoms with van der Waals surface area (Å²) in [7, 11) is 6.00. The van der Waals surface area contributed by atoms with Crippen LogP contribution < -0.4 is 11.1 Å². The number of hydrogen-bond acceptors (Lipinski definition) is 4. The Morgan fingerprint density at radius 1 is 1.38 bits per heavy atom. The van der Waals surface area contributed by atoms with Gasteiger partial charge in [-0.3, -0.25) is 0 Å². The van der Waals surface area contributed by atoms with Gasteiger partial charge in [0.25, 0.3) is 0 Å². The lowest BCUT2D eigenvalue weighted by Crippen LogP contribution is -2.55. The van der Waals surface area contributed by atoms with Crippen LogP contribution in [0.4, 0.5) is 0 Å². The zero-order valence-corrected chi connectivity index (χ0v) is 11.0. The average Bonchev–Trinajstić information content (AvgIpc) is 2.29. The number of methoxy groups -OCH3 is 1. The molecule has 96 valence electrons. The maximum Gasteiger partial charge on any atom is 0.0572 e. The van der Waals surface area contributed by atoms with E-state index in [9.17, 15) is 0 Å². The Morgan fingerprint density at radius 2 is 2.00 bits per heavy atom. The van der Waals surface area contributed by atoms with E-state index in [1.165, 1.54) is 0 Å². The summed E-state index contributed by atoms with van der Waals surface area (Å²) in [5.41, 5.74) is 6.08. The molecular formula is C12H27N3O. The lowest BCUT2D eigenvalue weighted by Gasteiger charge is -2.40. The molecule has 1 fully saturated rings. The Morgan fingerprint density at radius 3 is 2.44 bits per heavy atom. The first kappa shape index (κ1) is 13.9. The fraction of sp³-hybridized carbons (Fsp3) is 1.00. The lowest BCUT2D eigenvalue weighted by atomic mass is 9.80. The number of hydrogen-bond donors (Lipinski definition) is 2. The molecule has 0 aromatic carbocycles. The maximum absolute atomic E-state index is 5.93. The van der Waals surface area contributed by atoms with Gasteiger partial charge in [-0.05, 0) is 39.8 Å². The van der Waals surface area contributed by atoms with Crippen molar-refractivity contribution in [3.05, 3.63) is 0 Å². The summed E-state index contributed by atoms with van der Waals surface area (Å²) in [6.45, 7) is 2.81. The van der Waals surface area contributed by atoms with Crippen LogP contribution in [0.1, 0.15) is 25.7 Å². The van der Waals surface area contributed by atoms with Crippen molar-refractivity contribution in [2.24, 2.45) is 5.73 Å². The van der Waals surface area contributed by atoms with Crippen LogP contribution in [0.15, 0.2) is 0 Å². The van der Waals surface area contributed by atoms with E-state index in [4.69, 9.17) is 10.5 Å². The largest absolute Gasteiger partial charge is 0.381 e. The van der Waals surface area contributed by atoms with E-state index in [1.807, 2.05) is 0 Å². The van der Waals surface area contributed by atoms with Gasteiger partial charge in [0.05, 0.1) is 6.10 Å². The van der Waals surface area contributed by atoms with Gasteiger partial charge in [-0.1, -0.05) is 0 Å². The predicted molar refractivity (Wildman–Crippen MR) is 67.6 cm³/mol. The van der Waals surface area contributed by atoms with E-state index in [0.29, 0.717) is 6.10 Å². The minimum absolute atomic E-state index is 0.158. The molecule has 0 amide bonds. The third kappa shape index (κ3) is 4.01. The number of nitrogens with two attached hydrogens (primary N) is 1.